The first-order chi connectivity index (χ1) is 5.70. The highest BCUT2D eigenvalue weighted by Crippen LogP contribution is 1.99. The van der Waals surface area contributed by atoms with Gasteiger partial charge in [0.1, 0.15) is 0 Å². The molecule has 0 saturated heterocycles. The van der Waals surface area contributed by atoms with Crippen molar-refractivity contribution in [3.8, 4) is 0 Å². The van der Waals surface area contributed by atoms with Gasteiger partial charge in [0, 0.05) is 1.43 Å². The third-order valence-corrected chi connectivity index (χ3v) is 1.28. The molecule has 0 aromatic heterocycles. The largest absolute Gasteiger partial charge is 0.368 e. The van der Waals surface area contributed by atoms with Crippen LogP contribution in [0.4, 0.5) is 0 Å². The number of hydrogen-bond acceptors (Lipinski definition) is 3. The molecule has 1 aromatic carbocycles. The van der Waals surface area contributed by atoms with Crippen molar-refractivity contribution >= 4 is 0 Å². The Morgan fingerprint density at radius 3 is 1.58 bits per heavy atom. The Bertz CT molecular complexity index is 176. The Morgan fingerprint density at radius 2 is 1.42 bits per heavy atom. The molecule has 12 heavy (non-hydrogen) atoms. The molecule has 1 rings (SSSR count). The third kappa shape index (κ3) is 5.85. The van der Waals surface area contributed by atoms with E-state index in [4.69, 9.17) is 10.4 Å². The molecule has 0 bridgehead atoms. The van der Waals surface area contributed by atoms with E-state index in [2.05, 4.69) is 43.0 Å². The Morgan fingerprint density at radius 1 is 1.17 bits per heavy atom. The van der Waals surface area contributed by atoms with Gasteiger partial charge in [-0.2, -0.15) is 0 Å². The van der Waals surface area contributed by atoms with Gasteiger partial charge in [0.2, 0.25) is 0 Å². The number of rotatable bonds is 1. The molecule has 0 spiro atoms. The maximum Gasteiger partial charge on any atom is 0.177 e. The molecule has 0 saturated carbocycles. The lowest BCUT2D eigenvalue weighted by atomic mass is 10.2. The van der Waals surface area contributed by atoms with Crippen molar-refractivity contribution in [3.63, 3.8) is 0 Å². The van der Waals surface area contributed by atoms with Crippen LogP contribution in [0.2, 0.25) is 0 Å². The number of aliphatic hydroxyl groups excluding tert-OH is 1. The topological polar surface area (TPSA) is 49.7 Å². The van der Waals surface area contributed by atoms with E-state index >= 15 is 0 Å². The second kappa shape index (κ2) is 6.79. The molecule has 3 heteroatoms. The summed E-state index contributed by atoms with van der Waals surface area (Å²) in [5, 5.41) is 14.5. The molecule has 1 aromatic rings. The van der Waals surface area contributed by atoms with Crippen molar-refractivity contribution < 1.29 is 16.7 Å². The Kier molecular flexibility index (Phi) is 6.28. The first-order valence-corrected chi connectivity index (χ1v) is 3.61. The highest BCUT2D eigenvalue weighted by molar-refractivity contribution is 5.19. The Labute approximate surface area is 73.6 Å². The summed E-state index contributed by atoms with van der Waals surface area (Å²) in [5.74, 6) is 0. The van der Waals surface area contributed by atoms with E-state index in [9.17, 15) is 0 Å². The minimum Gasteiger partial charge on any atom is -0.368 e. The highest BCUT2D eigenvalue weighted by atomic mass is 17.1. The third-order valence-electron chi connectivity index (χ3n) is 1.28. The van der Waals surface area contributed by atoms with Gasteiger partial charge in [-0.3, -0.25) is 0 Å². The van der Waals surface area contributed by atoms with Crippen LogP contribution in [-0.4, -0.2) is 17.2 Å². The summed E-state index contributed by atoms with van der Waals surface area (Å²) >= 11 is 0. The zero-order valence-electron chi connectivity index (χ0n) is 7.32. The van der Waals surface area contributed by atoms with Crippen LogP contribution in [0.5, 0.6) is 0 Å². The summed E-state index contributed by atoms with van der Waals surface area (Å²) < 4.78 is 0. The maximum absolute atomic E-state index is 7.40. The van der Waals surface area contributed by atoms with Crippen LogP contribution in [0.15, 0.2) is 24.3 Å². The lowest BCUT2D eigenvalue weighted by molar-refractivity contribution is -0.285. The molecule has 0 atom stereocenters. The zero-order chi connectivity index (χ0) is 9.40. The molecular formula is C9H16O3. The lowest BCUT2D eigenvalue weighted by Crippen LogP contribution is -1.80. The minimum absolute atomic E-state index is 0. The molecule has 0 aliphatic rings. The normalized spacial score (nSPS) is 8.67. The molecule has 70 valence electrons. The summed E-state index contributed by atoms with van der Waals surface area (Å²) in [6.07, 6.45) is 0. The molecule has 2 N–H and O–H groups in total. The first kappa shape index (κ1) is 11.1. The zero-order valence-corrected chi connectivity index (χ0v) is 7.32. The number of aliphatic hydroxyl groups is 1. The fraction of sp³-hybridized carbons (Fsp3) is 0.333. The number of hydrogen-bond donors (Lipinski definition) is 2. The fourth-order valence-electron chi connectivity index (χ4n) is 0.637. The van der Waals surface area contributed by atoms with Gasteiger partial charge in [-0.15, -0.1) is 0 Å². The monoisotopic (exact) mass is 172 g/mol. The smallest absolute Gasteiger partial charge is 0.177 e. The van der Waals surface area contributed by atoms with Crippen molar-refractivity contribution in [2.45, 2.75) is 13.8 Å². The molecule has 0 heterocycles. The predicted molar refractivity (Wildman–Crippen MR) is 48.8 cm³/mol. The molecule has 0 radical (unpaired) electrons. The average Bonchev–Trinajstić information content (AvgIpc) is 2.11. The van der Waals surface area contributed by atoms with Crippen molar-refractivity contribution in [2.75, 3.05) is 6.79 Å². The fourth-order valence-corrected chi connectivity index (χ4v) is 0.637. The number of benzene rings is 1. The standard InChI is InChI=1S/C8H10.CH4O3.H2/c1-7-3-5-8(2)6-4-7;2-1-4-3;/h3-6H,1-2H3;2-3H,1H2;1H. The van der Waals surface area contributed by atoms with Gasteiger partial charge in [-0.05, 0) is 13.8 Å². The van der Waals surface area contributed by atoms with E-state index in [0.717, 1.165) is 0 Å². The van der Waals surface area contributed by atoms with E-state index in [-0.39, 0.29) is 1.43 Å². The van der Waals surface area contributed by atoms with Crippen LogP contribution >= 0.6 is 0 Å². The van der Waals surface area contributed by atoms with E-state index in [1.54, 1.807) is 0 Å². The predicted octanol–water partition coefficient (Wildman–Crippen LogP) is 1.98. The van der Waals surface area contributed by atoms with Gasteiger partial charge in [0.15, 0.2) is 6.79 Å². The van der Waals surface area contributed by atoms with Crippen LogP contribution in [0, 0.1) is 13.8 Å². The van der Waals surface area contributed by atoms with Crippen LogP contribution in [0.25, 0.3) is 0 Å². The summed E-state index contributed by atoms with van der Waals surface area (Å²) in [6, 6.07) is 8.48. The van der Waals surface area contributed by atoms with E-state index in [0.29, 0.717) is 0 Å². The van der Waals surface area contributed by atoms with Crippen LogP contribution < -0.4 is 0 Å². The van der Waals surface area contributed by atoms with Gasteiger partial charge in [0.05, 0.1) is 0 Å². The average molecular weight is 172 g/mol. The second-order valence-electron chi connectivity index (χ2n) is 2.41. The van der Waals surface area contributed by atoms with Gasteiger partial charge < -0.3 is 5.11 Å². The summed E-state index contributed by atoms with van der Waals surface area (Å²) in [4.78, 5) is 3.10. The van der Waals surface area contributed by atoms with Crippen LogP contribution in [0.3, 0.4) is 0 Å². The molecule has 3 nitrogen and oxygen atoms in total. The summed E-state index contributed by atoms with van der Waals surface area (Å²) in [7, 11) is 0. The molecule has 0 unspecified atom stereocenters. The van der Waals surface area contributed by atoms with E-state index < -0.39 is 6.79 Å². The molecule has 0 amide bonds. The van der Waals surface area contributed by atoms with Crippen LogP contribution in [0.1, 0.15) is 12.6 Å². The molecular weight excluding hydrogens is 156 g/mol. The maximum atomic E-state index is 7.40. The summed E-state index contributed by atoms with van der Waals surface area (Å²) in [5.41, 5.74) is 2.66. The van der Waals surface area contributed by atoms with E-state index in [1.165, 1.54) is 11.1 Å². The van der Waals surface area contributed by atoms with Gasteiger partial charge in [-0.25, -0.2) is 10.1 Å². The van der Waals surface area contributed by atoms with Gasteiger partial charge >= 0.3 is 0 Å². The summed E-state index contributed by atoms with van der Waals surface area (Å²) in [6.45, 7) is 3.57. The Hall–Kier alpha value is -0.900. The van der Waals surface area contributed by atoms with Gasteiger partial charge in [-0.1, -0.05) is 35.4 Å². The quantitative estimate of drug-likeness (QED) is 0.387. The Balaban J connectivity index is 0. The van der Waals surface area contributed by atoms with Crippen molar-refractivity contribution in [2.24, 2.45) is 0 Å². The van der Waals surface area contributed by atoms with Crippen LogP contribution in [-0.2, 0) is 4.89 Å². The lowest BCUT2D eigenvalue weighted by Gasteiger charge is -1.90. The second-order valence-corrected chi connectivity index (χ2v) is 2.41. The minimum atomic E-state index is -0.625. The first-order valence-electron chi connectivity index (χ1n) is 3.61. The SMILES string of the molecule is Cc1ccc(C)cc1.OCOO.[HH]. The van der Waals surface area contributed by atoms with Crippen molar-refractivity contribution in [1.29, 1.82) is 0 Å². The van der Waals surface area contributed by atoms with Gasteiger partial charge in [0.25, 0.3) is 0 Å². The van der Waals surface area contributed by atoms with E-state index in [1.807, 2.05) is 0 Å². The van der Waals surface area contributed by atoms with Crippen molar-refractivity contribution in [3.05, 3.63) is 35.4 Å². The number of aryl methyl sites for hydroxylation is 2. The van der Waals surface area contributed by atoms with Crippen molar-refractivity contribution in [1.82, 2.24) is 0 Å². The molecule has 0 aliphatic carbocycles. The molecule has 0 fully saturated rings. The molecule has 0 aliphatic heterocycles. The highest BCUT2D eigenvalue weighted by Gasteiger charge is 1.79.